The number of carbonyl (C=O) groups is 1. The van der Waals surface area contributed by atoms with Gasteiger partial charge in [0.2, 0.25) is 0 Å². The molecule has 0 radical (unpaired) electrons. The molecule has 2 aliphatic heterocycles. The van der Waals surface area contributed by atoms with Crippen molar-refractivity contribution in [3.63, 3.8) is 0 Å². The Kier molecular flexibility index (Phi) is 4.09. The third kappa shape index (κ3) is 2.96. The number of hydrogen-bond donors (Lipinski definition) is 1. The number of amides is 1. The highest BCUT2D eigenvalue weighted by atomic mass is 16.5. The smallest absolute Gasteiger partial charge is 0.263 e. The van der Waals surface area contributed by atoms with Gasteiger partial charge in [0.25, 0.3) is 11.5 Å². The van der Waals surface area contributed by atoms with Crippen molar-refractivity contribution in [1.82, 2.24) is 14.8 Å². The zero-order chi connectivity index (χ0) is 17.6. The molecule has 132 valence electrons. The molecule has 2 aliphatic rings. The molecule has 0 unspecified atom stereocenters. The molecule has 2 saturated heterocycles. The summed E-state index contributed by atoms with van der Waals surface area (Å²) in [6, 6.07) is 9.71. The number of carbonyl (C=O) groups excluding carboxylic acids is 1. The van der Waals surface area contributed by atoms with Gasteiger partial charge in [0.15, 0.2) is 0 Å². The number of rotatable bonds is 2. The van der Waals surface area contributed by atoms with Crippen LogP contribution < -0.4 is 10.9 Å². The third-order valence-corrected chi connectivity index (χ3v) is 5.31. The van der Waals surface area contributed by atoms with Crippen molar-refractivity contribution >= 4 is 16.8 Å². The van der Waals surface area contributed by atoms with Gasteiger partial charge < -0.3 is 14.6 Å². The third-order valence-electron chi connectivity index (χ3n) is 5.31. The highest BCUT2D eigenvalue weighted by Crippen LogP contribution is 2.23. The van der Waals surface area contributed by atoms with Gasteiger partial charge in [-0.15, -0.1) is 0 Å². The number of hydrogen-bond acceptors (Lipinski definition) is 4. The van der Waals surface area contributed by atoms with Gasteiger partial charge in [-0.25, -0.2) is 0 Å². The van der Waals surface area contributed by atoms with Crippen molar-refractivity contribution in [2.24, 2.45) is 7.05 Å². The Morgan fingerprint density at radius 3 is 2.92 bits per heavy atom. The second-order valence-electron chi connectivity index (χ2n) is 7.14. The highest BCUT2D eigenvalue weighted by molar-refractivity contribution is 5.97. The molecular formula is C19H23N3O3. The van der Waals surface area contributed by atoms with Crippen LogP contribution in [0, 0.1) is 0 Å². The van der Waals surface area contributed by atoms with E-state index in [-0.39, 0.29) is 29.2 Å². The normalized spacial score (nSPS) is 26.6. The molecule has 2 aromatic rings. The van der Waals surface area contributed by atoms with Crippen molar-refractivity contribution in [2.45, 2.75) is 31.5 Å². The summed E-state index contributed by atoms with van der Waals surface area (Å²) in [5.41, 5.74) is 0.771. The minimum absolute atomic E-state index is 0.0579. The van der Waals surface area contributed by atoms with E-state index in [1.165, 1.54) is 4.57 Å². The quantitative estimate of drug-likeness (QED) is 0.889. The van der Waals surface area contributed by atoms with Crippen molar-refractivity contribution in [3.8, 4) is 0 Å². The fourth-order valence-corrected chi connectivity index (χ4v) is 3.99. The van der Waals surface area contributed by atoms with Crippen LogP contribution in [0.5, 0.6) is 0 Å². The van der Waals surface area contributed by atoms with Gasteiger partial charge >= 0.3 is 0 Å². The van der Waals surface area contributed by atoms with Gasteiger partial charge in [-0.3, -0.25) is 14.5 Å². The standard InChI is InChI=1S/C19H23N3O3/c1-12-9-22-10-14(8-15(22)11-25-12)20-18(23)16-7-13-5-3-4-6-17(13)21(2)19(16)24/h3-7,12,14-15H,8-11H2,1-2H3,(H,20,23)/t12-,14-,15+/m1/s1. The number of ether oxygens (including phenoxy) is 1. The molecule has 0 bridgehead atoms. The fraction of sp³-hybridized carbons (Fsp3) is 0.474. The van der Waals surface area contributed by atoms with Crippen LogP contribution in [0.3, 0.4) is 0 Å². The zero-order valence-electron chi connectivity index (χ0n) is 14.6. The number of nitrogens with one attached hydrogen (secondary N) is 1. The largest absolute Gasteiger partial charge is 0.376 e. The van der Waals surface area contributed by atoms with Crippen molar-refractivity contribution < 1.29 is 9.53 Å². The maximum Gasteiger partial charge on any atom is 0.263 e. The van der Waals surface area contributed by atoms with E-state index in [0.29, 0.717) is 12.6 Å². The van der Waals surface area contributed by atoms with E-state index in [1.54, 1.807) is 13.1 Å². The Hall–Kier alpha value is -2.18. The van der Waals surface area contributed by atoms with Crippen LogP contribution in [0.2, 0.25) is 0 Å². The van der Waals surface area contributed by atoms with Crippen LogP contribution in [0.4, 0.5) is 0 Å². The SMILES string of the molecule is C[C@@H]1CN2C[C@H](NC(=O)c3cc4ccccc4n(C)c3=O)C[C@H]2CO1. The van der Waals surface area contributed by atoms with E-state index in [9.17, 15) is 9.59 Å². The van der Waals surface area contributed by atoms with E-state index in [1.807, 2.05) is 24.3 Å². The highest BCUT2D eigenvalue weighted by Gasteiger charge is 2.37. The number of nitrogens with zero attached hydrogens (tertiary/aromatic N) is 2. The molecule has 1 amide bonds. The van der Waals surface area contributed by atoms with Crippen molar-refractivity contribution in [3.05, 3.63) is 46.2 Å². The molecule has 6 heteroatoms. The van der Waals surface area contributed by atoms with Crippen LogP contribution in [0.15, 0.2) is 35.1 Å². The Morgan fingerprint density at radius 1 is 1.28 bits per heavy atom. The summed E-state index contributed by atoms with van der Waals surface area (Å²) in [5.74, 6) is -0.287. The summed E-state index contributed by atoms with van der Waals surface area (Å²) in [6.07, 6.45) is 1.10. The molecule has 0 saturated carbocycles. The molecule has 0 aliphatic carbocycles. The number of aromatic nitrogens is 1. The average molecular weight is 341 g/mol. The van der Waals surface area contributed by atoms with Gasteiger partial charge in [-0.05, 0) is 30.9 Å². The van der Waals surface area contributed by atoms with E-state index in [4.69, 9.17) is 4.74 Å². The van der Waals surface area contributed by atoms with E-state index in [0.717, 1.165) is 30.4 Å². The van der Waals surface area contributed by atoms with Crippen LogP contribution in [-0.2, 0) is 11.8 Å². The first-order chi connectivity index (χ1) is 12.0. The minimum Gasteiger partial charge on any atom is -0.376 e. The monoisotopic (exact) mass is 341 g/mol. The summed E-state index contributed by atoms with van der Waals surface area (Å²) >= 11 is 0. The summed E-state index contributed by atoms with van der Waals surface area (Å²) in [6.45, 7) is 4.50. The second kappa shape index (κ2) is 6.28. The van der Waals surface area contributed by atoms with Crippen molar-refractivity contribution in [1.29, 1.82) is 0 Å². The number of aryl methyl sites for hydroxylation is 1. The molecule has 25 heavy (non-hydrogen) atoms. The maximum absolute atomic E-state index is 12.7. The van der Waals surface area contributed by atoms with Gasteiger partial charge in [0, 0.05) is 32.2 Å². The first-order valence-corrected chi connectivity index (χ1v) is 8.78. The fourth-order valence-electron chi connectivity index (χ4n) is 3.99. The minimum atomic E-state index is -0.287. The van der Waals surface area contributed by atoms with Crippen LogP contribution in [0.1, 0.15) is 23.7 Å². The maximum atomic E-state index is 12.7. The number of para-hydroxylation sites is 1. The van der Waals surface area contributed by atoms with Gasteiger partial charge in [0.05, 0.1) is 18.2 Å². The Balaban J connectivity index is 1.55. The predicted octanol–water partition coefficient (Wildman–Crippen LogP) is 1.13. The molecule has 3 atom stereocenters. The van der Waals surface area contributed by atoms with Crippen LogP contribution >= 0.6 is 0 Å². The Morgan fingerprint density at radius 2 is 2.08 bits per heavy atom. The van der Waals surface area contributed by atoms with E-state index >= 15 is 0 Å². The first kappa shape index (κ1) is 16.3. The number of fused-ring (bicyclic) bond motifs is 2. The average Bonchev–Trinajstić information content (AvgIpc) is 2.99. The van der Waals surface area contributed by atoms with Crippen LogP contribution in [0.25, 0.3) is 10.9 Å². The zero-order valence-corrected chi connectivity index (χ0v) is 14.6. The molecule has 4 rings (SSSR count). The van der Waals surface area contributed by atoms with E-state index in [2.05, 4.69) is 17.1 Å². The predicted molar refractivity (Wildman–Crippen MR) is 95.8 cm³/mol. The number of pyridine rings is 1. The van der Waals surface area contributed by atoms with E-state index < -0.39 is 0 Å². The summed E-state index contributed by atoms with van der Waals surface area (Å²) in [7, 11) is 1.70. The second-order valence-corrected chi connectivity index (χ2v) is 7.14. The number of morpholine rings is 1. The van der Waals surface area contributed by atoms with Gasteiger partial charge in [-0.2, -0.15) is 0 Å². The molecule has 1 aromatic heterocycles. The molecule has 1 aromatic carbocycles. The molecule has 0 spiro atoms. The lowest BCUT2D eigenvalue weighted by Crippen LogP contribution is -2.45. The molecule has 3 heterocycles. The lowest BCUT2D eigenvalue weighted by Gasteiger charge is -2.33. The lowest BCUT2D eigenvalue weighted by molar-refractivity contribution is -0.0390. The first-order valence-electron chi connectivity index (χ1n) is 8.78. The Bertz CT molecular complexity index is 876. The summed E-state index contributed by atoms with van der Waals surface area (Å²) < 4.78 is 7.24. The van der Waals surface area contributed by atoms with Crippen molar-refractivity contribution in [2.75, 3.05) is 19.7 Å². The topological polar surface area (TPSA) is 63.6 Å². The Labute approximate surface area is 146 Å². The molecule has 6 nitrogen and oxygen atoms in total. The molecular weight excluding hydrogens is 318 g/mol. The van der Waals surface area contributed by atoms with Gasteiger partial charge in [-0.1, -0.05) is 18.2 Å². The summed E-state index contributed by atoms with van der Waals surface area (Å²) in [5, 5.41) is 3.94. The number of benzene rings is 1. The summed E-state index contributed by atoms with van der Waals surface area (Å²) in [4.78, 5) is 27.6. The molecule has 1 N–H and O–H groups in total. The molecule has 2 fully saturated rings. The lowest BCUT2D eigenvalue weighted by atomic mass is 10.1. The van der Waals surface area contributed by atoms with Gasteiger partial charge in [0.1, 0.15) is 5.56 Å². The van der Waals surface area contributed by atoms with Crippen LogP contribution in [-0.4, -0.2) is 53.3 Å².